The number of carbonyl (C=O) groups is 1. The molecule has 1 amide bonds. The van der Waals surface area contributed by atoms with Gasteiger partial charge in [0.15, 0.2) is 0 Å². The summed E-state index contributed by atoms with van der Waals surface area (Å²) >= 11 is 0. The van der Waals surface area contributed by atoms with Crippen LogP contribution in [0, 0.1) is 5.41 Å². The van der Waals surface area contributed by atoms with Gasteiger partial charge in [0.25, 0.3) is 0 Å². The number of nitrogens with two attached hydrogens (primary N) is 1. The monoisotopic (exact) mass is 461 g/mol. The Labute approximate surface area is 193 Å². The molecule has 30 heavy (non-hydrogen) atoms. The Bertz CT molecular complexity index is 698. The fraction of sp³-hybridized carbons (Fsp3) is 0.682. The average Bonchev–Trinajstić information content (AvgIpc) is 3.22. The van der Waals surface area contributed by atoms with Gasteiger partial charge in [-0.2, -0.15) is 0 Å². The minimum absolute atomic E-state index is 0. The minimum atomic E-state index is -0.892. The molecule has 1 aromatic rings. The van der Waals surface area contributed by atoms with Crippen LogP contribution in [0.3, 0.4) is 0 Å². The topological polar surface area (TPSA) is 76.8 Å². The molecule has 3 N–H and O–H groups in total. The average molecular weight is 462 g/mol. The van der Waals surface area contributed by atoms with Gasteiger partial charge in [0, 0.05) is 25.0 Å². The van der Waals surface area contributed by atoms with Gasteiger partial charge in [0.1, 0.15) is 11.3 Å². The first-order valence-corrected chi connectivity index (χ1v) is 10.4. The van der Waals surface area contributed by atoms with Gasteiger partial charge in [-0.15, -0.1) is 24.8 Å². The largest absolute Gasteiger partial charge is 0.497 e. The molecule has 0 radical (unpaired) electrons. The van der Waals surface area contributed by atoms with Crippen LogP contribution in [-0.4, -0.2) is 55.8 Å². The first-order chi connectivity index (χ1) is 13.3. The van der Waals surface area contributed by atoms with E-state index in [9.17, 15) is 4.79 Å². The van der Waals surface area contributed by atoms with Crippen LogP contribution in [0.15, 0.2) is 24.3 Å². The van der Waals surface area contributed by atoms with Gasteiger partial charge < -0.3 is 20.5 Å². The van der Waals surface area contributed by atoms with Crippen LogP contribution in [0.5, 0.6) is 5.75 Å². The van der Waals surface area contributed by atoms with Crippen LogP contribution in [0.4, 0.5) is 0 Å². The summed E-state index contributed by atoms with van der Waals surface area (Å²) in [5, 5.41) is 3.15. The van der Waals surface area contributed by atoms with E-state index in [1.807, 2.05) is 32.9 Å². The molecule has 6 nitrogen and oxygen atoms in total. The zero-order valence-corrected chi connectivity index (χ0v) is 20.1. The number of ether oxygens (including phenoxy) is 2. The van der Waals surface area contributed by atoms with E-state index in [-0.39, 0.29) is 48.3 Å². The first-order valence-electron chi connectivity index (χ1n) is 10.4. The summed E-state index contributed by atoms with van der Waals surface area (Å²) in [5.41, 5.74) is 6.43. The number of nitrogens with zero attached hydrogens (tertiary/aromatic N) is 1. The summed E-state index contributed by atoms with van der Waals surface area (Å²) in [6.07, 6.45) is 2.98. The Morgan fingerprint density at radius 3 is 2.53 bits per heavy atom. The summed E-state index contributed by atoms with van der Waals surface area (Å²) in [6, 6.07) is 8.24. The lowest BCUT2D eigenvalue weighted by molar-refractivity contribution is -0.170. The fourth-order valence-electron chi connectivity index (χ4n) is 4.53. The van der Waals surface area contributed by atoms with E-state index >= 15 is 0 Å². The summed E-state index contributed by atoms with van der Waals surface area (Å²) in [7, 11) is 1.68. The third kappa shape index (κ3) is 5.05. The third-order valence-electron chi connectivity index (χ3n) is 6.75. The second-order valence-electron chi connectivity index (χ2n) is 8.59. The van der Waals surface area contributed by atoms with Crippen molar-refractivity contribution in [2.45, 2.75) is 57.7 Å². The molecule has 1 saturated carbocycles. The molecule has 0 aromatic heterocycles. The third-order valence-corrected chi connectivity index (χ3v) is 6.75. The van der Waals surface area contributed by atoms with E-state index in [2.05, 4.69) is 22.3 Å². The highest BCUT2D eigenvalue weighted by molar-refractivity contribution is 5.88. The van der Waals surface area contributed by atoms with Crippen LogP contribution >= 0.6 is 24.8 Å². The Hall–Kier alpha value is -1.05. The van der Waals surface area contributed by atoms with Crippen molar-refractivity contribution >= 4 is 30.7 Å². The quantitative estimate of drug-likeness (QED) is 0.620. The van der Waals surface area contributed by atoms with Crippen molar-refractivity contribution in [1.29, 1.82) is 0 Å². The minimum Gasteiger partial charge on any atom is -0.497 e. The van der Waals surface area contributed by atoms with Crippen LogP contribution < -0.4 is 15.8 Å². The number of likely N-dealkylation sites (tertiary alicyclic amines) is 1. The summed E-state index contributed by atoms with van der Waals surface area (Å²) in [4.78, 5) is 15.5. The van der Waals surface area contributed by atoms with E-state index in [1.54, 1.807) is 7.11 Å². The highest BCUT2D eigenvalue weighted by Crippen LogP contribution is 2.49. The first kappa shape index (κ1) is 27.0. The van der Waals surface area contributed by atoms with E-state index in [0.29, 0.717) is 19.6 Å². The molecule has 1 aliphatic heterocycles. The molecule has 3 atom stereocenters. The van der Waals surface area contributed by atoms with Crippen molar-refractivity contribution in [3.05, 3.63) is 29.8 Å². The number of methoxy groups -OCH3 is 1. The zero-order valence-electron chi connectivity index (χ0n) is 18.5. The molecule has 1 saturated heterocycles. The van der Waals surface area contributed by atoms with E-state index < -0.39 is 5.54 Å². The molecular formula is C22H37Cl2N3O3. The molecule has 3 rings (SSSR count). The number of hydrogen-bond donors (Lipinski definition) is 2. The standard InChI is InChI=1S/C22H35N3O3.2ClH/c1-5-28-19-14-22(23,21(19,2)3)20(26)24-15-18(25-11-6-7-12-25)16-9-8-10-17(13-16)27-4;;/h8-10,13,18-19H,5-7,11-12,14-15,23H2,1-4H3,(H,24,26);2*1H. The number of amides is 1. The number of rotatable bonds is 8. The van der Waals surface area contributed by atoms with Gasteiger partial charge >= 0.3 is 0 Å². The SMILES string of the molecule is CCOC1CC(N)(C(=O)NCC(c2cccc(OC)c2)N2CCCC2)C1(C)C.Cl.Cl. The normalized spacial score (nSPS) is 26.0. The van der Waals surface area contributed by atoms with Crippen LogP contribution in [0.25, 0.3) is 0 Å². The molecule has 2 aliphatic rings. The number of hydrogen-bond acceptors (Lipinski definition) is 5. The summed E-state index contributed by atoms with van der Waals surface area (Å²) in [5.74, 6) is 0.753. The second-order valence-corrected chi connectivity index (χ2v) is 8.59. The Kier molecular flexibility index (Phi) is 9.90. The van der Waals surface area contributed by atoms with Crippen LogP contribution in [0.2, 0.25) is 0 Å². The van der Waals surface area contributed by atoms with Gasteiger partial charge in [-0.3, -0.25) is 9.69 Å². The summed E-state index contributed by atoms with van der Waals surface area (Å²) < 4.78 is 11.2. The number of halogens is 2. The maximum atomic E-state index is 13.1. The van der Waals surface area contributed by atoms with Crippen molar-refractivity contribution in [2.75, 3.05) is 33.4 Å². The van der Waals surface area contributed by atoms with Crippen molar-refractivity contribution in [3.63, 3.8) is 0 Å². The van der Waals surface area contributed by atoms with Gasteiger partial charge in [-0.05, 0) is 50.6 Å². The fourth-order valence-corrected chi connectivity index (χ4v) is 4.53. The molecule has 2 fully saturated rings. The molecule has 0 spiro atoms. The van der Waals surface area contributed by atoms with E-state index in [1.165, 1.54) is 12.8 Å². The van der Waals surface area contributed by atoms with E-state index in [4.69, 9.17) is 15.2 Å². The molecule has 8 heteroatoms. The lowest BCUT2D eigenvalue weighted by Crippen LogP contribution is -2.76. The van der Waals surface area contributed by atoms with Crippen molar-refractivity contribution < 1.29 is 14.3 Å². The molecular weight excluding hydrogens is 425 g/mol. The molecule has 1 aromatic carbocycles. The van der Waals surface area contributed by atoms with Crippen LogP contribution in [0.1, 0.15) is 51.6 Å². The predicted molar refractivity (Wildman–Crippen MR) is 125 cm³/mol. The molecule has 172 valence electrons. The molecule has 0 bridgehead atoms. The van der Waals surface area contributed by atoms with Crippen LogP contribution in [-0.2, 0) is 9.53 Å². The van der Waals surface area contributed by atoms with Crippen molar-refractivity contribution in [3.8, 4) is 5.75 Å². The Balaban J connectivity index is 0.00000225. The Morgan fingerprint density at radius 2 is 1.97 bits per heavy atom. The van der Waals surface area contributed by atoms with Crippen molar-refractivity contribution in [1.82, 2.24) is 10.2 Å². The van der Waals surface area contributed by atoms with Gasteiger partial charge in [-0.25, -0.2) is 0 Å². The number of carbonyl (C=O) groups excluding carboxylic acids is 1. The Morgan fingerprint density at radius 1 is 1.30 bits per heavy atom. The van der Waals surface area contributed by atoms with Crippen molar-refractivity contribution in [2.24, 2.45) is 11.1 Å². The van der Waals surface area contributed by atoms with E-state index in [0.717, 1.165) is 24.4 Å². The molecule has 1 aliphatic carbocycles. The zero-order chi connectivity index (χ0) is 20.4. The molecule has 3 unspecified atom stereocenters. The maximum Gasteiger partial charge on any atom is 0.240 e. The van der Waals surface area contributed by atoms with Gasteiger partial charge in [0.2, 0.25) is 5.91 Å². The summed E-state index contributed by atoms with van der Waals surface area (Å²) in [6.45, 7) is 9.29. The smallest absolute Gasteiger partial charge is 0.240 e. The maximum absolute atomic E-state index is 13.1. The lowest BCUT2D eigenvalue weighted by Gasteiger charge is -2.57. The highest BCUT2D eigenvalue weighted by atomic mass is 35.5. The number of nitrogens with one attached hydrogen (secondary N) is 1. The van der Waals surface area contributed by atoms with Gasteiger partial charge in [-0.1, -0.05) is 26.0 Å². The van der Waals surface area contributed by atoms with Gasteiger partial charge in [0.05, 0.1) is 19.3 Å². The number of benzene rings is 1. The second kappa shape index (κ2) is 11.0. The lowest BCUT2D eigenvalue weighted by atomic mass is 9.54. The highest BCUT2D eigenvalue weighted by Gasteiger charge is 2.62. The molecule has 1 heterocycles. The predicted octanol–water partition coefficient (Wildman–Crippen LogP) is 3.32.